The third-order valence-electron chi connectivity index (χ3n) is 6.15. The molecule has 2 heteroatoms. The van der Waals surface area contributed by atoms with Crippen LogP contribution in [0.5, 0.6) is 0 Å². The van der Waals surface area contributed by atoms with Gasteiger partial charge in [0.15, 0.2) is 0 Å². The normalized spacial score (nSPS) is 44.6. The molecule has 0 radical (unpaired) electrons. The van der Waals surface area contributed by atoms with Crippen molar-refractivity contribution in [1.29, 1.82) is 0 Å². The lowest BCUT2D eigenvalue weighted by atomic mass is 9.48. The summed E-state index contributed by atoms with van der Waals surface area (Å²) in [5, 5.41) is 9.10. The number of allylic oxidation sites excluding steroid dienone is 1. The van der Waals surface area contributed by atoms with E-state index in [0.717, 1.165) is 24.2 Å². The van der Waals surface area contributed by atoms with E-state index in [4.69, 9.17) is 5.11 Å². The molecule has 104 valence electrons. The quantitative estimate of drug-likeness (QED) is 0.775. The molecule has 1 N–H and O–H groups in total. The topological polar surface area (TPSA) is 37.3 Å². The first-order valence-corrected chi connectivity index (χ1v) is 8.05. The maximum Gasteiger partial charge on any atom is 0.328 e. The Labute approximate surface area is 115 Å². The third-order valence-corrected chi connectivity index (χ3v) is 6.15. The molecule has 5 saturated carbocycles. The summed E-state index contributed by atoms with van der Waals surface area (Å²) >= 11 is 0. The van der Waals surface area contributed by atoms with Gasteiger partial charge in [-0.3, -0.25) is 0 Å². The van der Waals surface area contributed by atoms with Crippen molar-refractivity contribution >= 4 is 5.97 Å². The lowest BCUT2D eigenvalue weighted by molar-refractivity contribution is -0.131. The minimum Gasteiger partial charge on any atom is -0.478 e. The van der Waals surface area contributed by atoms with Crippen LogP contribution in [0.3, 0.4) is 0 Å². The average molecular weight is 260 g/mol. The largest absolute Gasteiger partial charge is 0.478 e. The fourth-order valence-electron chi connectivity index (χ4n) is 5.87. The highest BCUT2D eigenvalue weighted by Crippen LogP contribution is 2.62. The predicted molar refractivity (Wildman–Crippen MR) is 73.7 cm³/mol. The fourth-order valence-corrected chi connectivity index (χ4v) is 5.87. The summed E-state index contributed by atoms with van der Waals surface area (Å²) in [5.74, 6) is 2.79. The molecule has 2 nitrogen and oxygen atoms in total. The third kappa shape index (κ3) is 2.23. The Morgan fingerprint density at radius 1 is 1.05 bits per heavy atom. The Morgan fingerprint density at radius 2 is 1.58 bits per heavy atom. The van der Waals surface area contributed by atoms with Crippen molar-refractivity contribution in [3.8, 4) is 0 Å². The lowest BCUT2D eigenvalue weighted by Crippen LogP contribution is -2.46. The molecule has 0 saturated heterocycles. The molecule has 0 aromatic heterocycles. The van der Waals surface area contributed by atoms with E-state index in [-0.39, 0.29) is 0 Å². The predicted octanol–water partition coefficient (Wildman–Crippen LogP) is 4.01. The monoisotopic (exact) mass is 260 g/mol. The van der Waals surface area contributed by atoms with Crippen molar-refractivity contribution in [2.75, 3.05) is 0 Å². The molecule has 5 rings (SSSR count). The van der Waals surface area contributed by atoms with E-state index >= 15 is 0 Å². The van der Waals surface area contributed by atoms with Gasteiger partial charge in [-0.25, -0.2) is 4.79 Å². The molecule has 0 aliphatic heterocycles. The van der Waals surface area contributed by atoms with E-state index in [1.165, 1.54) is 56.9 Å². The maximum atomic E-state index is 11.1. The van der Waals surface area contributed by atoms with Gasteiger partial charge in [0.05, 0.1) is 0 Å². The van der Waals surface area contributed by atoms with Crippen LogP contribution in [-0.4, -0.2) is 11.1 Å². The molecule has 5 fully saturated rings. The molecule has 19 heavy (non-hydrogen) atoms. The molecule has 5 aliphatic carbocycles. The number of carboxylic acid groups (broad SMARTS) is 1. The van der Waals surface area contributed by atoms with Crippen LogP contribution in [0.25, 0.3) is 0 Å². The highest BCUT2D eigenvalue weighted by molar-refractivity contribution is 5.80. The summed E-state index contributed by atoms with van der Waals surface area (Å²) in [6, 6.07) is 0. The van der Waals surface area contributed by atoms with Crippen LogP contribution in [0.1, 0.15) is 57.8 Å². The maximum absolute atomic E-state index is 11.1. The summed E-state index contributed by atoms with van der Waals surface area (Å²) in [6.45, 7) is 0. The second-order valence-corrected chi connectivity index (χ2v) is 7.93. The minimum absolute atomic E-state index is 0.499. The van der Waals surface area contributed by atoms with Gasteiger partial charge in [0.2, 0.25) is 0 Å². The van der Waals surface area contributed by atoms with Gasteiger partial charge in [-0.05, 0) is 86.9 Å². The van der Waals surface area contributed by atoms with Gasteiger partial charge in [0.25, 0.3) is 0 Å². The van der Waals surface area contributed by atoms with Gasteiger partial charge in [0, 0.05) is 6.08 Å². The second kappa shape index (κ2) is 4.10. The van der Waals surface area contributed by atoms with Crippen molar-refractivity contribution in [2.45, 2.75) is 57.8 Å². The van der Waals surface area contributed by atoms with Crippen LogP contribution in [0.15, 0.2) is 11.6 Å². The molecule has 4 bridgehead atoms. The van der Waals surface area contributed by atoms with Crippen molar-refractivity contribution in [1.82, 2.24) is 0 Å². The van der Waals surface area contributed by atoms with Gasteiger partial charge >= 0.3 is 5.97 Å². The minimum atomic E-state index is -0.730. The molecule has 0 aromatic carbocycles. The fraction of sp³-hybridized carbons (Fsp3) is 0.824. The zero-order valence-corrected chi connectivity index (χ0v) is 11.6. The first-order chi connectivity index (χ1) is 9.12. The average Bonchev–Trinajstić information content (AvgIpc) is 3.08. The van der Waals surface area contributed by atoms with Crippen molar-refractivity contribution < 1.29 is 9.90 Å². The van der Waals surface area contributed by atoms with E-state index in [1.54, 1.807) is 6.08 Å². The van der Waals surface area contributed by atoms with Crippen LogP contribution >= 0.6 is 0 Å². The summed E-state index contributed by atoms with van der Waals surface area (Å²) < 4.78 is 0. The van der Waals surface area contributed by atoms with Gasteiger partial charge in [-0.1, -0.05) is 5.57 Å². The van der Waals surface area contributed by atoms with E-state index in [2.05, 4.69) is 0 Å². The Bertz CT molecular complexity index is 395. The lowest BCUT2D eigenvalue weighted by Gasteiger charge is -2.57. The number of rotatable bonds is 4. The summed E-state index contributed by atoms with van der Waals surface area (Å²) in [6.07, 6.45) is 13.7. The van der Waals surface area contributed by atoms with Gasteiger partial charge < -0.3 is 5.11 Å². The number of hydrogen-bond donors (Lipinski definition) is 1. The molecule has 0 spiro atoms. The van der Waals surface area contributed by atoms with Crippen LogP contribution in [-0.2, 0) is 4.79 Å². The summed E-state index contributed by atoms with van der Waals surface area (Å²) in [5.41, 5.74) is 1.77. The Kier molecular flexibility index (Phi) is 2.59. The molecule has 0 unspecified atom stereocenters. The summed E-state index contributed by atoms with van der Waals surface area (Å²) in [4.78, 5) is 11.1. The van der Waals surface area contributed by atoms with Crippen LogP contribution < -0.4 is 0 Å². The molecule has 0 heterocycles. The molecule has 0 atom stereocenters. The molecular weight excluding hydrogens is 236 g/mol. The Balaban J connectivity index is 1.56. The van der Waals surface area contributed by atoms with E-state index in [0.29, 0.717) is 11.3 Å². The second-order valence-electron chi connectivity index (χ2n) is 7.93. The van der Waals surface area contributed by atoms with Gasteiger partial charge in [-0.2, -0.15) is 0 Å². The first kappa shape index (κ1) is 12.0. The zero-order valence-electron chi connectivity index (χ0n) is 11.6. The standard InChI is InChI=1S/C17H24O2/c18-16(19)6-15(14-1-2-14)10-17-7-11-3-12(8-17)5-13(4-11)9-17/h6,11-14H,1-5,7-10H2,(H,18,19)/b15-6-. The smallest absolute Gasteiger partial charge is 0.328 e. The first-order valence-electron chi connectivity index (χ1n) is 8.05. The highest BCUT2D eigenvalue weighted by atomic mass is 16.4. The number of carbonyl (C=O) groups is 1. The molecule has 5 aliphatic rings. The van der Waals surface area contributed by atoms with Crippen LogP contribution in [0.4, 0.5) is 0 Å². The van der Waals surface area contributed by atoms with E-state index in [1.807, 2.05) is 0 Å². The van der Waals surface area contributed by atoms with Crippen molar-refractivity contribution in [2.24, 2.45) is 29.1 Å². The Morgan fingerprint density at radius 3 is 2.00 bits per heavy atom. The van der Waals surface area contributed by atoms with Crippen LogP contribution in [0.2, 0.25) is 0 Å². The molecule has 0 amide bonds. The Hall–Kier alpha value is -0.790. The molecule has 0 aromatic rings. The number of carboxylic acids is 1. The zero-order chi connectivity index (χ0) is 13.0. The van der Waals surface area contributed by atoms with Crippen molar-refractivity contribution in [3.63, 3.8) is 0 Å². The summed E-state index contributed by atoms with van der Waals surface area (Å²) in [7, 11) is 0. The number of aliphatic carboxylic acids is 1. The van der Waals surface area contributed by atoms with E-state index < -0.39 is 5.97 Å². The van der Waals surface area contributed by atoms with Gasteiger partial charge in [0.1, 0.15) is 0 Å². The van der Waals surface area contributed by atoms with Crippen LogP contribution in [0, 0.1) is 29.1 Å². The SMILES string of the molecule is O=C(O)/C=C(/CC12CC3CC(CC(C3)C1)C2)C1CC1. The highest BCUT2D eigenvalue weighted by Gasteiger charge is 2.51. The van der Waals surface area contributed by atoms with Crippen molar-refractivity contribution in [3.05, 3.63) is 11.6 Å². The van der Waals surface area contributed by atoms with E-state index in [9.17, 15) is 4.79 Å². The molecular formula is C17H24O2. The van der Waals surface area contributed by atoms with Gasteiger partial charge in [-0.15, -0.1) is 0 Å². The number of hydrogen-bond acceptors (Lipinski definition) is 1.